The van der Waals surface area contributed by atoms with Gasteiger partial charge in [0.2, 0.25) is 0 Å². The molecule has 122 valence electrons. The summed E-state index contributed by atoms with van der Waals surface area (Å²) in [7, 11) is 0. The minimum absolute atomic E-state index is 0.214. The Bertz CT molecular complexity index is 663. The number of fused-ring (bicyclic) bond motifs is 1. The van der Waals surface area contributed by atoms with Crippen molar-refractivity contribution in [3.05, 3.63) is 16.4 Å². The van der Waals surface area contributed by atoms with Crippen LogP contribution in [-0.4, -0.2) is 39.0 Å². The number of aliphatic carboxylic acids is 1. The van der Waals surface area contributed by atoms with Gasteiger partial charge in [-0.25, -0.2) is 0 Å². The second-order valence-electron chi connectivity index (χ2n) is 5.26. The van der Waals surface area contributed by atoms with E-state index in [-0.39, 0.29) is 5.82 Å². The number of carboxylic acids is 1. The lowest BCUT2D eigenvalue weighted by molar-refractivity contribution is -0.171. The summed E-state index contributed by atoms with van der Waals surface area (Å²) in [6, 6.07) is -0.690. The average molecular weight is 321 g/mol. The highest BCUT2D eigenvalue weighted by molar-refractivity contribution is 5.97. The van der Waals surface area contributed by atoms with Crippen LogP contribution in [0.25, 0.3) is 0 Å². The zero-order chi connectivity index (χ0) is 16.8. The second-order valence-corrected chi connectivity index (χ2v) is 5.26. The predicted octanol–water partition coefficient (Wildman–Crippen LogP) is 1.13. The lowest BCUT2D eigenvalue weighted by Crippen LogP contribution is -2.54. The molecule has 1 aliphatic heterocycles. The standard InChI is InChI=1S/C12H14F3N3O4/c1-5-7(3-10(20)21)6(2)18-9(4-8(19)16-18)17(5)11(22)12(13,14)15/h4-7H,3H2,1-2H3,(H,16,19)(H,20,21). The van der Waals surface area contributed by atoms with Gasteiger partial charge in [0.05, 0.1) is 12.5 Å². The van der Waals surface area contributed by atoms with Crippen molar-refractivity contribution in [2.24, 2.45) is 5.92 Å². The van der Waals surface area contributed by atoms with Crippen LogP contribution in [0.3, 0.4) is 0 Å². The van der Waals surface area contributed by atoms with Gasteiger partial charge in [-0.2, -0.15) is 13.2 Å². The largest absolute Gasteiger partial charge is 0.481 e. The Labute approximate surface area is 122 Å². The lowest BCUT2D eigenvalue weighted by Gasteiger charge is -2.42. The maximum absolute atomic E-state index is 12.8. The van der Waals surface area contributed by atoms with Crippen molar-refractivity contribution < 1.29 is 27.9 Å². The third-order valence-corrected chi connectivity index (χ3v) is 3.91. The zero-order valence-corrected chi connectivity index (χ0v) is 11.7. The Morgan fingerprint density at radius 1 is 1.32 bits per heavy atom. The molecule has 22 heavy (non-hydrogen) atoms. The van der Waals surface area contributed by atoms with Crippen molar-refractivity contribution in [2.45, 2.75) is 38.5 Å². The van der Waals surface area contributed by atoms with Crippen molar-refractivity contribution in [3.8, 4) is 0 Å². The summed E-state index contributed by atoms with van der Waals surface area (Å²) in [5, 5.41) is 11.2. The quantitative estimate of drug-likeness (QED) is 0.853. The lowest BCUT2D eigenvalue weighted by atomic mass is 9.87. The molecule has 10 heteroatoms. The number of alkyl halides is 3. The van der Waals surface area contributed by atoms with Gasteiger partial charge in [-0.1, -0.05) is 0 Å². The van der Waals surface area contributed by atoms with Crippen molar-refractivity contribution in [3.63, 3.8) is 0 Å². The smallest absolute Gasteiger partial charge is 0.471 e. The molecule has 0 spiro atoms. The number of carboxylic acid groups (broad SMARTS) is 1. The molecule has 0 saturated carbocycles. The van der Waals surface area contributed by atoms with Crippen LogP contribution in [0, 0.1) is 5.92 Å². The van der Waals surface area contributed by atoms with Crippen LogP contribution < -0.4 is 10.5 Å². The number of amides is 1. The normalized spacial score (nSPS) is 25.0. The van der Waals surface area contributed by atoms with Crippen LogP contribution in [-0.2, 0) is 9.59 Å². The summed E-state index contributed by atoms with van der Waals surface area (Å²) < 4.78 is 39.5. The van der Waals surface area contributed by atoms with Crippen LogP contribution in [0.2, 0.25) is 0 Å². The van der Waals surface area contributed by atoms with Gasteiger partial charge >= 0.3 is 18.1 Å². The Kier molecular flexibility index (Phi) is 3.80. The molecule has 0 aromatic carbocycles. The van der Waals surface area contributed by atoms with Gasteiger partial charge in [0.25, 0.3) is 5.56 Å². The predicted molar refractivity (Wildman–Crippen MR) is 68.5 cm³/mol. The van der Waals surface area contributed by atoms with Crippen LogP contribution in [0.15, 0.2) is 10.9 Å². The molecule has 3 atom stereocenters. The molecule has 3 unspecified atom stereocenters. The minimum atomic E-state index is -5.12. The molecule has 0 saturated heterocycles. The fraction of sp³-hybridized carbons (Fsp3) is 0.583. The van der Waals surface area contributed by atoms with Gasteiger partial charge in [0, 0.05) is 18.0 Å². The van der Waals surface area contributed by atoms with Gasteiger partial charge in [-0.15, -0.1) is 0 Å². The van der Waals surface area contributed by atoms with Gasteiger partial charge < -0.3 is 5.11 Å². The first-order chi connectivity index (χ1) is 10.0. The molecule has 2 rings (SSSR count). The summed E-state index contributed by atoms with van der Waals surface area (Å²) in [4.78, 5) is 34.5. The van der Waals surface area contributed by atoms with Crippen LogP contribution >= 0.6 is 0 Å². The first-order valence-corrected chi connectivity index (χ1v) is 6.47. The number of hydrogen-bond acceptors (Lipinski definition) is 3. The monoisotopic (exact) mass is 321 g/mol. The van der Waals surface area contributed by atoms with Crippen molar-refractivity contribution in [1.29, 1.82) is 0 Å². The second kappa shape index (κ2) is 5.18. The third kappa shape index (κ3) is 2.60. The number of carbonyl (C=O) groups is 2. The van der Waals surface area contributed by atoms with E-state index in [0.29, 0.717) is 4.90 Å². The topological polar surface area (TPSA) is 95.4 Å². The molecule has 2 heterocycles. The maximum Gasteiger partial charge on any atom is 0.471 e. The Morgan fingerprint density at radius 2 is 1.91 bits per heavy atom. The highest BCUT2D eigenvalue weighted by atomic mass is 19.4. The van der Waals surface area contributed by atoms with Crippen LogP contribution in [0.1, 0.15) is 26.3 Å². The van der Waals surface area contributed by atoms with E-state index in [2.05, 4.69) is 5.10 Å². The third-order valence-electron chi connectivity index (χ3n) is 3.91. The Hall–Kier alpha value is -2.26. The number of nitrogens with one attached hydrogen (secondary N) is 1. The number of H-pyrrole nitrogens is 1. The van der Waals surface area contributed by atoms with E-state index in [9.17, 15) is 27.6 Å². The molecule has 1 aromatic rings. The van der Waals surface area contributed by atoms with E-state index >= 15 is 0 Å². The van der Waals surface area contributed by atoms with Crippen molar-refractivity contribution in [2.75, 3.05) is 4.90 Å². The molecule has 1 aliphatic rings. The number of carbonyl (C=O) groups excluding carboxylic acids is 1. The average Bonchev–Trinajstić information content (AvgIpc) is 2.75. The van der Waals surface area contributed by atoms with Gasteiger partial charge in [0.15, 0.2) is 0 Å². The number of nitrogens with zero attached hydrogens (tertiary/aromatic N) is 2. The molecule has 1 amide bonds. The fourth-order valence-corrected chi connectivity index (χ4v) is 2.85. The number of rotatable bonds is 2. The van der Waals surface area contributed by atoms with Gasteiger partial charge in [0.1, 0.15) is 5.82 Å². The number of halogens is 3. The molecule has 0 fully saturated rings. The molecule has 0 bridgehead atoms. The number of aromatic amines is 1. The maximum atomic E-state index is 12.8. The Balaban J connectivity index is 2.56. The zero-order valence-electron chi connectivity index (χ0n) is 11.7. The summed E-state index contributed by atoms with van der Waals surface area (Å²) in [5.41, 5.74) is -0.662. The van der Waals surface area contributed by atoms with Crippen molar-refractivity contribution in [1.82, 2.24) is 9.78 Å². The van der Waals surface area contributed by atoms with E-state index < -0.39 is 48.0 Å². The van der Waals surface area contributed by atoms with E-state index in [0.717, 1.165) is 10.7 Å². The highest BCUT2D eigenvalue weighted by Crippen LogP contribution is 2.38. The van der Waals surface area contributed by atoms with E-state index in [1.165, 1.54) is 6.92 Å². The number of aromatic nitrogens is 2. The SMILES string of the molecule is CC1C(CC(=O)O)C(C)n2[nH]c(=O)cc2N1C(=O)C(F)(F)F. The van der Waals surface area contributed by atoms with Gasteiger partial charge in [-0.05, 0) is 13.8 Å². The Morgan fingerprint density at radius 3 is 2.41 bits per heavy atom. The summed E-state index contributed by atoms with van der Waals surface area (Å²) in [5.74, 6) is -4.32. The molecule has 0 radical (unpaired) electrons. The fourth-order valence-electron chi connectivity index (χ4n) is 2.85. The van der Waals surface area contributed by atoms with E-state index in [1.54, 1.807) is 6.92 Å². The first-order valence-electron chi connectivity index (χ1n) is 6.47. The number of hydrogen-bond donors (Lipinski definition) is 2. The molecule has 7 nitrogen and oxygen atoms in total. The molecule has 2 N–H and O–H groups in total. The van der Waals surface area contributed by atoms with Gasteiger partial charge in [-0.3, -0.25) is 29.1 Å². The van der Waals surface area contributed by atoms with Crippen molar-refractivity contribution >= 4 is 17.7 Å². The molecule has 0 aliphatic carbocycles. The van der Waals surface area contributed by atoms with E-state index in [1.807, 2.05) is 0 Å². The summed E-state index contributed by atoms with van der Waals surface area (Å²) >= 11 is 0. The molecular formula is C12H14F3N3O4. The highest BCUT2D eigenvalue weighted by Gasteiger charge is 2.50. The number of anilines is 1. The van der Waals surface area contributed by atoms with Crippen LogP contribution in [0.4, 0.5) is 19.0 Å². The molecule has 1 aromatic heterocycles. The van der Waals surface area contributed by atoms with E-state index in [4.69, 9.17) is 5.11 Å². The minimum Gasteiger partial charge on any atom is -0.481 e. The summed E-state index contributed by atoms with van der Waals surface area (Å²) in [6.45, 7) is 2.92. The summed E-state index contributed by atoms with van der Waals surface area (Å²) in [6.07, 6.45) is -5.55. The van der Waals surface area contributed by atoms with Crippen LogP contribution in [0.5, 0.6) is 0 Å². The molecular weight excluding hydrogens is 307 g/mol. The first kappa shape index (κ1) is 16.1.